The van der Waals surface area contributed by atoms with Crippen molar-refractivity contribution >= 4 is 11.8 Å². The van der Waals surface area contributed by atoms with E-state index < -0.39 is 5.97 Å². The van der Waals surface area contributed by atoms with Crippen molar-refractivity contribution in [3.8, 4) is 11.8 Å². The third kappa shape index (κ3) is 7.30. The zero-order valence-electron chi connectivity index (χ0n) is 12.4. The van der Waals surface area contributed by atoms with Gasteiger partial charge in [-0.05, 0) is 13.3 Å². The van der Waals surface area contributed by atoms with Gasteiger partial charge in [0.1, 0.15) is 18.3 Å². The number of hydrogen-bond acceptors (Lipinski definition) is 4. The van der Waals surface area contributed by atoms with Gasteiger partial charge in [-0.15, -0.1) is 0 Å². The lowest BCUT2D eigenvalue weighted by Crippen LogP contribution is -2.10. The zero-order valence-corrected chi connectivity index (χ0v) is 12.4. The Kier molecular flexibility index (Phi) is 7.98. The van der Waals surface area contributed by atoms with Crippen molar-refractivity contribution in [2.75, 3.05) is 6.61 Å². The van der Waals surface area contributed by atoms with Crippen molar-refractivity contribution in [3.05, 3.63) is 0 Å². The van der Waals surface area contributed by atoms with Crippen LogP contribution in [0.15, 0.2) is 0 Å². The van der Waals surface area contributed by atoms with Gasteiger partial charge in [0.05, 0.1) is 12.7 Å². The smallest absolute Gasteiger partial charge is 0.313 e. The lowest BCUT2D eigenvalue weighted by molar-refractivity contribution is -0.145. The van der Waals surface area contributed by atoms with Crippen LogP contribution in [0.4, 0.5) is 0 Å². The quantitative estimate of drug-likeness (QED) is 0.214. The summed E-state index contributed by atoms with van der Waals surface area (Å²) in [5.41, 5.74) is 0. The number of ketones is 1. The molecule has 4 heteroatoms. The lowest BCUT2D eigenvalue weighted by Gasteiger charge is -1.99. The number of ether oxygens (including phenoxy) is 2. The molecule has 20 heavy (non-hydrogen) atoms. The summed E-state index contributed by atoms with van der Waals surface area (Å²) in [6.45, 7) is 4.21. The van der Waals surface area contributed by atoms with Crippen molar-refractivity contribution in [1.29, 1.82) is 0 Å². The first-order chi connectivity index (χ1) is 9.67. The number of carbonyl (C=O) groups is 2. The Labute approximate surface area is 121 Å². The molecule has 0 bridgehead atoms. The molecule has 4 nitrogen and oxygen atoms in total. The summed E-state index contributed by atoms with van der Waals surface area (Å²) in [6.07, 6.45) is 5.73. The second-order valence-corrected chi connectivity index (χ2v) is 4.93. The van der Waals surface area contributed by atoms with Crippen LogP contribution >= 0.6 is 0 Å². The van der Waals surface area contributed by atoms with Crippen molar-refractivity contribution in [2.24, 2.45) is 0 Å². The number of esters is 1. The average Bonchev–Trinajstić information content (AvgIpc) is 3.14. The van der Waals surface area contributed by atoms with E-state index >= 15 is 0 Å². The highest BCUT2D eigenvalue weighted by Gasteiger charge is 2.36. The van der Waals surface area contributed by atoms with Crippen LogP contribution < -0.4 is 0 Å². The molecule has 1 rings (SSSR count). The molecule has 0 N–H and O–H groups in total. The van der Waals surface area contributed by atoms with Gasteiger partial charge in [0, 0.05) is 12.8 Å². The fraction of sp³-hybridized carbons (Fsp3) is 0.750. The monoisotopic (exact) mass is 280 g/mol. The molecule has 0 aromatic carbocycles. The van der Waals surface area contributed by atoms with Gasteiger partial charge < -0.3 is 9.47 Å². The fourth-order valence-corrected chi connectivity index (χ4v) is 1.92. The van der Waals surface area contributed by atoms with Gasteiger partial charge in [-0.3, -0.25) is 9.59 Å². The number of Topliss-reactive ketones (excluding diaryl/α,β-unsaturated/α-hetero) is 1. The molecule has 1 saturated heterocycles. The highest BCUT2D eigenvalue weighted by molar-refractivity contribution is 5.95. The first-order valence-electron chi connectivity index (χ1n) is 7.48. The molecule has 0 aromatic rings. The summed E-state index contributed by atoms with van der Waals surface area (Å²) >= 11 is 0. The molecular weight excluding hydrogens is 256 g/mol. The summed E-state index contributed by atoms with van der Waals surface area (Å²) in [5, 5.41) is 0. The second-order valence-electron chi connectivity index (χ2n) is 4.93. The lowest BCUT2D eigenvalue weighted by atomic mass is 10.1. The topological polar surface area (TPSA) is 55.9 Å². The minimum absolute atomic E-state index is 0.0621. The number of epoxide rings is 1. The maximum absolute atomic E-state index is 11.4. The standard InChI is InChI=1S/C16H24O4/c1-3-5-6-10-14-15(20-14)11-8-7-9-13(17)12-16(18)19-4-2/h14-15H,3-7,9-10,12H2,1-2H3. The number of carbonyl (C=O) groups excluding carboxylic acids is 2. The molecule has 0 aliphatic carbocycles. The third-order valence-electron chi connectivity index (χ3n) is 3.09. The molecule has 0 aromatic heterocycles. The van der Waals surface area contributed by atoms with Crippen LogP contribution in [0.2, 0.25) is 0 Å². The summed E-state index contributed by atoms with van der Waals surface area (Å²) < 4.78 is 10.1. The van der Waals surface area contributed by atoms with E-state index in [0.717, 1.165) is 6.42 Å². The maximum atomic E-state index is 11.4. The van der Waals surface area contributed by atoms with Gasteiger partial charge in [0.15, 0.2) is 0 Å². The Bertz CT molecular complexity index is 378. The van der Waals surface area contributed by atoms with Crippen LogP contribution in [-0.4, -0.2) is 30.6 Å². The van der Waals surface area contributed by atoms with Crippen LogP contribution in [0.25, 0.3) is 0 Å². The SMILES string of the molecule is CCCCCC1OC1C#CCCC(=O)CC(=O)OCC. The molecule has 1 aliphatic rings. The van der Waals surface area contributed by atoms with Crippen LogP contribution in [0, 0.1) is 11.8 Å². The Morgan fingerprint density at radius 2 is 2.05 bits per heavy atom. The van der Waals surface area contributed by atoms with Gasteiger partial charge in [0.25, 0.3) is 0 Å². The van der Waals surface area contributed by atoms with E-state index in [9.17, 15) is 9.59 Å². The second kappa shape index (κ2) is 9.55. The summed E-state index contributed by atoms with van der Waals surface area (Å²) in [6, 6.07) is 0. The molecule has 112 valence electrons. The molecule has 2 unspecified atom stereocenters. The Hall–Kier alpha value is -1.34. The minimum atomic E-state index is -0.452. The molecule has 1 heterocycles. The summed E-state index contributed by atoms with van der Waals surface area (Å²) in [5.74, 6) is 5.41. The Morgan fingerprint density at radius 1 is 1.25 bits per heavy atom. The van der Waals surface area contributed by atoms with E-state index in [1.54, 1.807) is 6.92 Å². The molecule has 0 saturated carbocycles. The molecule has 1 fully saturated rings. The third-order valence-corrected chi connectivity index (χ3v) is 3.09. The van der Waals surface area contributed by atoms with Crippen molar-refractivity contribution in [3.63, 3.8) is 0 Å². The van der Waals surface area contributed by atoms with Gasteiger partial charge in [-0.2, -0.15) is 0 Å². The van der Waals surface area contributed by atoms with Gasteiger partial charge >= 0.3 is 5.97 Å². The molecule has 0 spiro atoms. The predicted octanol–water partition coefficient (Wildman–Crippen LogP) is 2.64. The Morgan fingerprint density at radius 3 is 2.75 bits per heavy atom. The normalized spacial score (nSPS) is 19.9. The van der Waals surface area contributed by atoms with Crippen LogP contribution in [0.1, 0.15) is 58.8 Å². The molecule has 0 amide bonds. The first kappa shape index (κ1) is 16.7. The zero-order chi connectivity index (χ0) is 14.8. The van der Waals surface area contributed by atoms with Gasteiger partial charge in [0.2, 0.25) is 0 Å². The van der Waals surface area contributed by atoms with Crippen molar-refractivity contribution in [1.82, 2.24) is 0 Å². The van der Waals surface area contributed by atoms with Crippen molar-refractivity contribution in [2.45, 2.75) is 71.0 Å². The molecule has 2 atom stereocenters. The van der Waals surface area contributed by atoms with E-state index in [4.69, 9.17) is 9.47 Å². The van der Waals surface area contributed by atoms with Crippen LogP contribution in [0.3, 0.4) is 0 Å². The van der Waals surface area contributed by atoms with E-state index in [2.05, 4.69) is 18.8 Å². The van der Waals surface area contributed by atoms with E-state index in [0.29, 0.717) is 25.6 Å². The molecule has 1 aliphatic heterocycles. The number of hydrogen-bond donors (Lipinski definition) is 0. The van der Waals surface area contributed by atoms with Gasteiger partial charge in [-0.1, -0.05) is 38.0 Å². The summed E-state index contributed by atoms with van der Waals surface area (Å²) in [7, 11) is 0. The van der Waals surface area contributed by atoms with Crippen LogP contribution in [0.5, 0.6) is 0 Å². The van der Waals surface area contributed by atoms with Gasteiger partial charge in [-0.25, -0.2) is 0 Å². The minimum Gasteiger partial charge on any atom is -0.466 e. The first-order valence-corrected chi connectivity index (χ1v) is 7.48. The number of unbranched alkanes of at least 4 members (excludes halogenated alkanes) is 2. The van der Waals surface area contributed by atoms with Crippen molar-refractivity contribution < 1.29 is 19.1 Å². The molecular formula is C16H24O4. The number of rotatable bonds is 9. The highest BCUT2D eigenvalue weighted by atomic mass is 16.6. The maximum Gasteiger partial charge on any atom is 0.313 e. The highest BCUT2D eigenvalue weighted by Crippen LogP contribution is 2.26. The largest absolute Gasteiger partial charge is 0.466 e. The van der Waals surface area contributed by atoms with Crippen LogP contribution in [-0.2, 0) is 19.1 Å². The van der Waals surface area contributed by atoms with E-state index in [1.807, 2.05) is 0 Å². The Balaban J connectivity index is 2.06. The predicted molar refractivity (Wildman–Crippen MR) is 76.1 cm³/mol. The van der Waals surface area contributed by atoms with E-state index in [1.165, 1.54) is 19.3 Å². The van der Waals surface area contributed by atoms with E-state index in [-0.39, 0.29) is 18.3 Å². The summed E-state index contributed by atoms with van der Waals surface area (Å²) in [4.78, 5) is 22.5. The molecule has 0 radical (unpaired) electrons. The average molecular weight is 280 g/mol. The fourth-order valence-electron chi connectivity index (χ4n) is 1.92.